The monoisotopic (exact) mass is 263 g/mol. The second kappa shape index (κ2) is 5.88. The number of anilines is 1. The van der Waals surface area contributed by atoms with Crippen molar-refractivity contribution in [2.75, 3.05) is 24.7 Å². The number of hydrogen-bond acceptors (Lipinski definition) is 4. The molecule has 4 heteroatoms. The molecule has 0 aliphatic carbocycles. The number of hydrogen-bond donors (Lipinski definition) is 1. The van der Waals surface area contributed by atoms with Crippen LogP contribution >= 0.6 is 0 Å². The molecule has 0 amide bonds. The Morgan fingerprint density at radius 1 is 1.47 bits per heavy atom. The number of morpholine rings is 1. The summed E-state index contributed by atoms with van der Waals surface area (Å²) in [4.78, 5) is 6.87. The summed E-state index contributed by atoms with van der Waals surface area (Å²) in [6.07, 6.45) is 1.90. The Labute approximate surface area is 116 Å². The normalized spacial score (nSPS) is 18.9. The molecule has 4 nitrogen and oxygen atoms in total. The molecular formula is C15H25N3O. The summed E-state index contributed by atoms with van der Waals surface area (Å²) in [6.45, 7) is 12.0. The smallest absolute Gasteiger partial charge is 0.129 e. The molecule has 0 aromatic carbocycles. The van der Waals surface area contributed by atoms with Crippen molar-refractivity contribution >= 4 is 5.82 Å². The molecule has 0 saturated carbocycles. The van der Waals surface area contributed by atoms with Crippen molar-refractivity contribution in [3.8, 4) is 0 Å². The van der Waals surface area contributed by atoms with Gasteiger partial charge >= 0.3 is 0 Å². The Morgan fingerprint density at radius 2 is 2.26 bits per heavy atom. The van der Waals surface area contributed by atoms with Gasteiger partial charge in [-0.3, -0.25) is 0 Å². The van der Waals surface area contributed by atoms with Crippen molar-refractivity contribution in [3.05, 3.63) is 23.9 Å². The average molecular weight is 263 g/mol. The van der Waals surface area contributed by atoms with Crippen LogP contribution in [-0.2, 0) is 11.3 Å². The first-order valence-electron chi connectivity index (χ1n) is 7.03. The topological polar surface area (TPSA) is 37.4 Å². The highest BCUT2D eigenvalue weighted by Crippen LogP contribution is 2.25. The first-order valence-corrected chi connectivity index (χ1v) is 7.03. The second-order valence-electron chi connectivity index (χ2n) is 6.07. The summed E-state index contributed by atoms with van der Waals surface area (Å²) < 4.78 is 5.56. The average Bonchev–Trinajstić information content (AvgIpc) is 2.36. The lowest BCUT2D eigenvalue weighted by Crippen LogP contribution is -2.53. The third kappa shape index (κ3) is 3.67. The van der Waals surface area contributed by atoms with Gasteiger partial charge in [0.15, 0.2) is 0 Å². The van der Waals surface area contributed by atoms with E-state index < -0.39 is 0 Å². The predicted octanol–water partition coefficient (Wildman–Crippen LogP) is 2.19. The van der Waals surface area contributed by atoms with E-state index in [2.05, 4.69) is 55.0 Å². The molecule has 0 spiro atoms. The van der Waals surface area contributed by atoms with E-state index in [-0.39, 0.29) is 5.54 Å². The summed E-state index contributed by atoms with van der Waals surface area (Å²) in [5.74, 6) is 1.05. The van der Waals surface area contributed by atoms with Gasteiger partial charge in [-0.1, -0.05) is 13.8 Å². The third-order valence-corrected chi connectivity index (χ3v) is 3.45. The molecule has 0 radical (unpaired) electrons. The van der Waals surface area contributed by atoms with Crippen LogP contribution in [0.2, 0.25) is 0 Å². The van der Waals surface area contributed by atoms with E-state index in [0.717, 1.165) is 32.1 Å². The number of nitrogens with one attached hydrogen (secondary N) is 1. The van der Waals surface area contributed by atoms with Gasteiger partial charge in [0.1, 0.15) is 5.82 Å². The van der Waals surface area contributed by atoms with Crippen LogP contribution in [0.4, 0.5) is 5.82 Å². The molecule has 1 aliphatic rings. The molecular weight excluding hydrogens is 238 g/mol. The Balaban J connectivity index is 2.13. The molecule has 1 aliphatic heterocycles. The first-order chi connectivity index (χ1) is 8.99. The van der Waals surface area contributed by atoms with Crippen molar-refractivity contribution in [3.63, 3.8) is 0 Å². The van der Waals surface area contributed by atoms with Crippen LogP contribution in [0.1, 0.15) is 33.3 Å². The zero-order valence-corrected chi connectivity index (χ0v) is 12.4. The lowest BCUT2D eigenvalue weighted by molar-refractivity contribution is 0.0639. The minimum Gasteiger partial charge on any atom is -0.377 e. The zero-order chi connectivity index (χ0) is 13.9. The maximum absolute atomic E-state index is 5.56. The summed E-state index contributed by atoms with van der Waals surface area (Å²) in [6, 6.07) is 4.76. The highest BCUT2D eigenvalue weighted by Gasteiger charge is 2.31. The van der Waals surface area contributed by atoms with Crippen molar-refractivity contribution in [1.82, 2.24) is 10.3 Å². The highest BCUT2D eigenvalue weighted by molar-refractivity contribution is 5.44. The van der Waals surface area contributed by atoms with E-state index >= 15 is 0 Å². The van der Waals surface area contributed by atoms with E-state index in [0.29, 0.717) is 6.04 Å². The van der Waals surface area contributed by atoms with Crippen LogP contribution in [0.25, 0.3) is 0 Å². The maximum atomic E-state index is 5.56. The predicted molar refractivity (Wildman–Crippen MR) is 78.5 cm³/mol. The number of aromatic nitrogens is 1. The van der Waals surface area contributed by atoms with E-state index in [9.17, 15) is 0 Å². The van der Waals surface area contributed by atoms with Crippen LogP contribution in [0.5, 0.6) is 0 Å². The van der Waals surface area contributed by atoms with Crippen molar-refractivity contribution in [2.45, 2.75) is 45.8 Å². The van der Waals surface area contributed by atoms with E-state index in [1.54, 1.807) is 0 Å². The number of rotatable bonds is 4. The van der Waals surface area contributed by atoms with Gasteiger partial charge in [-0.05, 0) is 31.5 Å². The molecule has 2 heterocycles. The number of ether oxygens (including phenoxy) is 1. The minimum absolute atomic E-state index is 0.00928. The Hall–Kier alpha value is -1.13. The van der Waals surface area contributed by atoms with Crippen molar-refractivity contribution < 1.29 is 4.74 Å². The Bertz CT molecular complexity index is 418. The molecule has 1 N–H and O–H groups in total. The fourth-order valence-electron chi connectivity index (χ4n) is 2.32. The summed E-state index contributed by atoms with van der Waals surface area (Å²) in [5, 5.41) is 3.44. The molecule has 106 valence electrons. The van der Waals surface area contributed by atoms with Crippen LogP contribution in [0, 0.1) is 0 Å². The molecule has 1 saturated heterocycles. The highest BCUT2D eigenvalue weighted by atomic mass is 16.5. The Morgan fingerprint density at radius 3 is 2.95 bits per heavy atom. The van der Waals surface area contributed by atoms with Crippen LogP contribution < -0.4 is 10.2 Å². The second-order valence-corrected chi connectivity index (χ2v) is 6.07. The molecule has 0 atom stereocenters. The van der Waals surface area contributed by atoms with Crippen LogP contribution in [-0.4, -0.2) is 36.3 Å². The van der Waals surface area contributed by atoms with Crippen LogP contribution in [0.3, 0.4) is 0 Å². The van der Waals surface area contributed by atoms with Crippen LogP contribution in [0.15, 0.2) is 18.3 Å². The first kappa shape index (κ1) is 14.3. The van der Waals surface area contributed by atoms with Crippen molar-refractivity contribution in [2.24, 2.45) is 0 Å². The fraction of sp³-hybridized carbons (Fsp3) is 0.667. The van der Waals surface area contributed by atoms with Gasteiger partial charge in [0.2, 0.25) is 0 Å². The lowest BCUT2D eigenvalue weighted by Gasteiger charge is -2.43. The van der Waals surface area contributed by atoms with Gasteiger partial charge in [0, 0.05) is 25.3 Å². The maximum Gasteiger partial charge on any atom is 0.129 e. The lowest BCUT2D eigenvalue weighted by atomic mass is 10.0. The van der Waals surface area contributed by atoms with Gasteiger partial charge in [-0.25, -0.2) is 4.98 Å². The van der Waals surface area contributed by atoms with Gasteiger partial charge in [-0.2, -0.15) is 0 Å². The Kier molecular flexibility index (Phi) is 4.42. The molecule has 2 rings (SSSR count). The molecule has 19 heavy (non-hydrogen) atoms. The summed E-state index contributed by atoms with van der Waals surface area (Å²) >= 11 is 0. The van der Waals surface area contributed by atoms with Gasteiger partial charge < -0.3 is 15.0 Å². The summed E-state index contributed by atoms with van der Waals surface area (Å²) in [5.41, 5.74) is 1.29. The number of nitrogens with zero attached hydrogens (tertiary/aromatic N) is 2. The quantitative estimate of drug-likeness (QED) is 0.903. The molecule has 1 aromatic rings. The number of pyridine rings is 1. The fourth-order valence-corrected chi connectivity index (χ4v) is 2.32. The molecule has 0 unspecified atom stereocenters. The van der Waals surface area contributed by atoms with Gasteiger partial charge in [-0.15, -0.1) is 0 Å². The third-order valence-electron chi connectivity index (χ3n) is 3.45. The van der Waals surface area contributed by atoms with Gasteiger partial charge in [0.25, 0.3) is 0 Å². The molecule has 1 fully saturated rings. The minimum atomic E-state index is 0.00928. The van der Waals surface area contributed by atoms with E-state index in [1.165, 1.54) is 5.56 Å². The molecule has 1 aromatic heterocycles. The standard InChI is InChI=1S/C15H25N3O/c1-12(2)17-10-13-5-6-16-14(9-13)18-7-8-19-11-15(18,3)4/h5-6,9,12,17H,7-8,10-11H2,1-4H3. The van der Waals surface area contributed by atoms with Gasteiger partial charge in [0.05, 0.1) is 18.8 Å². The van der Waals surface area contributed by atoms with Crippen molar-refractivity contribution in [1.29, 1.82) is 0 Å². The van der Waals surface area contributed by atoms with E-state index in [1.807, 2.05) is 6.20 Å². The molecule has 0 bridgehead atoms. The van der Waals surface area contributed by atoms with E-state index in [4.69, 9.17) is 4.74 Å². The SMILES string of the molecule is CC(C)NCc1ccnc(N2CCOCC2(C)C)c1. The largest absolute Gasteiger partial charge is 0.377 e. The zero-order valence-electron chi connectivity index (χ0n) is 12.4. The summed E-state index contributed by atoms with van der Waals surface area (Å²) in [7, 11) is 0.